The molecule has 0 amide bonds. The van der Waals surface area contributed by atoms with Crippen molar-refractivity contribution >= 4 is 12.0 Å². The van der Waals surface area contributed by atoms with Gasteiger partial charge in [0.2, 0.25) is 0 Å². The van der Waals surface area contributed by atoms with Gasteiger partial charge in [0.15, 0.2) is 0 Å². The first kappa shape index (κ1) is 12.7. The molecule has 0 fully saturated rings. The SMILES string of the molecule is COC(=O)[C@@H](C)C1=Cc2ccc(OC)cc2CC1. The summed E-state index contributed by atoms with van der Waals surface area (Å²) < 4.78 is 10.0. The average molecular weight is 246 g/mol. The molecule has 3 heteroatoms. The monoisotopic (exact) mass is 246 g/mol. The second kappa shape index (κ2) is 5.25. The van der Waals surface area contributed by atoms with Gasteiger partial charge in [0.1, 0.15) is 5.75 Å². The molecule has 1 aliphatic carbocycles. The number of rotatable bonds is 3. The molecule has 18 heavy (non-hydrogen) atoms. The molecule has 0 saturated heterocycles. The van der Waals surface area contributed by atoms with Crippen molar-refractivity contribution < 1.29 is 14.3 Å². The average Bonchev–Trinajstić information content (AvgIpc) is 2.44. The lowest BCUT2D eigenvalue weighted by Crippen LogP contribution is -2.17. The Labute approximate surface area is 107 Å². The molecular formula is C15H18O3. The third kappa shape index (κ3) is 2.40. The van der Waals surface area contributed by atoms with E-state index in [-0.39, 0.29) is 11.9 Å². The summed E-state index contributed by atoms with van der Waals surface area (Å²) in [6, 6.07) is 6.05. The largest absolute Gasteiger partial charge is 0.497 e. The fourth-order valence-corrected chi connectivity index (χ4v) is 2.29. The van der Waals surface area contributed by atoms with Crippen molar-refractivity contribution in [2.45, 2.75) is 19.8 Å². The molecule has 0 spiro atoms. The van der Waals surface area contributed by atoms with Crippen LogP contribution in [0.15, 0.2) is 23.8 Å². The van der Waals surface area contributed by atoms with Crippen LogP contribution in [0.3, 0.4) is 0 Å². The molecule has 1 atom stereocenters. The number of aryl methyl sites for hydroxylation is 1. The van der Waals surface area contributed by atoms with E-state index in [0.29, 0.717) is 0 Å². The van der Waals surface area contributed by atoms with E-state index in [4.69, 9.17) is 9.47 Å². The minimum atomic E-state index is -0.168. The Bertz CT molecular complexity index is 489. The van der Waals surface area contributed by atoms with Gasteiger partial charge in [-0.2, -0.15) is 0 Å². The van der Waals surface area contributed by atoms with Crippen molar-refractivity contribution in [1.82, 2.24) is 0 Å². The number of methoxy groups -OCH3 is 2. The first-order valence-electron chi connectivity index (χ1n) is 6.11. The third-order valence-corrected chi connectivity index (χ3v) is 3.48. The molecule has 1 aromatic carbocycles. The zero-order chi connectivity index (χ0) is 13.1. The Morgan fingerprint density at radius 1 is 1.28 bits per heavy atom. The fourth-order valence-electron chi connectivity index (χ4n) is 2.29. The molecule has 1 aromatic rings. The molecule has 0 saturated carbocycles. The summed E-state index contributed by atoms with van der Waals surface area (Å²) in [6.45, 7) is 1.90. The third-order valence-electron chi connectivity index (χ3n) is 3.48. The lowest BCUT2D eigenvalue weighted by Gasteiger charge is -2.20. The normalized spacial score (nSPS) is 15.4. The summed E-state index contributed by atoms with van der Waals surface area (Å²) in [6.07, 6.45) is 3.94. The molecule has 96 valence electrons. The van der Waals surface area contributed by atoms with Crippen LogP contribution in [-0.2, 0) is 16.0 Å². The Morgan fingerprint density at radius 2 is 2.06 bits per heavy atom. The van der Waals surface area contributed by atoms with E-state index in [2.05, 4.69) is 12.1 Å². The number of fused-ring (bicyclic) bond motifs is 1. The number of carbonyl (C=O) groups excluding carboxylic acids is 1. The quantitative estimate of drug-likeness (QED) is 0.769. The van der Waals surface area contributed by atoms with E-state index in [1.54, 1.807) is 7.11 Å². The number of benzene rings is 1. The number of ether oxygens (including phenoxy) is 2. The van der Waals surface area contributed by atoms with Gasteiger partial charge in [-0.05, 0) is 43.0 Å². The molecule has 0 unspecified atom stereocenters. The lowest BCUT2D eigenvalue weighted by molar-refractivity contribution is -0.143. The van der Waals surface area contributed by atoms with E-state index < -0.39 is 0 Å². The van der Waals surface area contributed by atoms with E-state index >= 15 is 0 Å². The first-order valence-corrected chi connectivity index (χ1v) is 6.11. The van der Waals surface area contributed by atoms with Crippen molar-refractivity contribution in [3.05, 3.63) is 34.9 Å². The number of esters is 1. The second-order valence-corrected chi connectivity index (χ2v) is 4.53. The van der Waals surface area contributed by atoms with E-state index in [0.717, 1.165) is 24.2 Å². The van der Waals surface area contributed by atoms with Gasteiger partial charge in [-0.25, -0.2) is 0 Å². The molecular weight excluding hydrogens is 228 g/mol. The van der Waals surface area contributed by atoms with Crippen LogP contribution >= 0.6 is 0 Å². The molecule has 1 aliphatic rings. The zero-order valence-corrected chi connectivity index (χ0v) is 11.0. The van der Waals surface area contributed by atoms with Crippen molar-refractivity contribution in [1.29, 1.82) is 0 Å². The molecule has 0 heterocycles. The highest BCUT2D eigenvalue weighted by atomic mass is 16.5. The van der Waals surface area contributed by atoms with Crippen molar-refractivity contribution in [2.24, 2.45) is 5.92 Å². The fraction of sp³-hybridized carbons (Fsp3) is 0.400. The smallest absolute Gasteiger partial charge is 0.312 e. The van der Waals surface area contributed by atoms with Crippen LogP contribution in [-0.4, -0.2) is 20.2 Å². The Kier molecular flexibility index (Phi) is 3.70. The summed E-state index contributed by atoms with van der Waals surface area (Å²) in [5.41, 5.74) is 3.59. The minimum absolute atomic E-state index is 0.162. The molecule has 0 aliphatic heterocycles. The highest BCUT2D eigenvalue weighted by molar-refractivity contribution is 5.78. The van der Waals surface area contributed by atoms with E-state index in [1.165, 1.54) is 18.2 Å². The summed E-state index contributed by atoms with van der Waals surface area (Å²) >= 11 is 0. The zero-order valence-electron chi connectivity index (χ0n) is 11.0. The minimum Gasteiger partial charge on any atom is -0.497 e. The van der Waals surface area contributed by atoms with Crippen LogP contribution in [0.5, 0.6) is 5.75 Å². The molecule has 2 rings (SSSR count). The van der Waals surface area contributed by atoms with Crippen LogP contribution in [0.25, 0.3) is 6.08 Å². The van der Waals surface area contributed by atoms with Gasteiger partial charge >= 0.3 is 5.97 Å². The van der Waals surface area contributed by atoms with Crippen molar-refractivity contribution in [3.8, 4) is 5.75 Å². The summed E-state index contributed by atoms with van der Waals surface area (Å²) in [5.74, 6) is 0.551. The van der Waals surface area contributed by atoms with E-state index in [9.17, 15) is 4.79 Å². The topological polar surface area (TPSA) is 35.5 Å². The van der Waals surface area contributed by atoms with Crippen LogP contribution in [0.1, 0.15) is 24.5 Å². The predicted molar refractivity (Wildman–Crippen MR) is 70.5 cm³/mol. The van der Waals surface area contributed by atoms with E-state index in [1.807, 2.05) is 19.1 Å². The number of carbonyl (C=O) groups is 1. The molecule has 3 nitrogen and oxygen atoms in total. The van der Waals surface area contributed by atoms with Crippen LogP contribution in [0.4, 0.5) is 0 Å². The van der Waals surface area contributed by atoms with Crippen molar-refractivity contribution in [2.75, 3.05) is 14.2 Å². The molecule has 0 bridgehead atoms. The van der Waals surface area contributed by atoms with Crippen LogP contribution in [0, 0.1) is 5.92 Å². The standard InChI is InChI=1S/C15H18O3/c1-10(15(16)18-3)11-4-5-13-9-14(17-2)7-6-12(13)8-11/h6-10H,4-5H2,1-3H3/t10-/m0/s1. The maximum Gasteiger partial charge on any atom is 0.312 e. The Balaban J connectivity index is 2.27. The highest BCUT2D eigenvalue weighted by Gasteiger charge is 2.21. The summed E-state index contributed by atoms with van der Waals surface area (Å²) in [4.78, 5) is 11.5. The molecule has 0 aromatic heterocycles. The first-order chi connectivity index (χ1) is 8.65. The molecule has 0 N–H and O–H groups in total. The number of hydrogen-bond acceptors (Lipinski definition) is 3. The summed E-state index contributed by atoms with van der Waals surface area (Å²) in [5, 5.41) is 0. The van der Waals surface area contributed by atoms with Gasteiger partial charge in [0.25, 0.3) is 0 Å². The maximum absolute atomic E-state index is 11.5. The van der Waals surface area contributed by atoms with Gasteiger partial charge in [0.05, 0.1) is 20.1 Å². The Hall–Kier alpha value is -1.77. The second-order valence-electron chi connectivity index (χ2n) is 4.53. The van der Waals surface area contributed by atoms with Gasteiger partial charge < -0.3 is 9.47 Å². The van der Waals surface area contributed by atoms with Gasteiger partial charge in [-0.15, -0.1) is 0 Å². The van der Waals surface area contributed by atoms with Gasteiger partial charge in [-0.3, -0.25) is 4.79 Å². The van der Waals surface area contributed by atoms with Crippen LogP contribution in [0.2, 0.25) is 0 Å². The van der Waals surface area contributed by atoms with Gasteiger partial charge in [-0.1, -0.05) is 17.7 Å². The Morgan fingerprint density at radius 3 is 2.72 bits per heavy atom. The summed E-state index contributed by atoms with van der Waals surface area (Å²) in [7, 11) is 3.10. The lowest BCUT2D eigenvalue weighted by atomic mass is 9.86. The molecule has 0 radical (unpaired) electrons. The van der Waals surface area contributed by atoms with Crippen LogP contribution < -0.4 is 4.74 Å². The number of hydrogen-bond donors (Lipinski definition) is 0. The van der Waals surface area contributed by atoms with Crippen molar-refractivity contribution in [3.63, 3.8) is 0 Å². The highest BCUT2D eigenvalue weighted by Crippen LogP contribution is 2.30. The maximum atomic E-state index is 11.5. The van der Waals surface area contributed by atoms with Gasteiger partial charge in [0, 0.05) is 0 Å². The predicted octanol–water partition coefficient (Wildman–Crippen LogP) is 2.83.